The van der Waals surface area contributed by atoms with Crippen molar-refractivity contribution in [1.82, 2.24) is 20.0 Å². The monoisotopic (exact) mass is 508 g/mol. The lowest BCUT2D eigenvalue weighted by molar-refractivity contribution is -0.139. The van der Waals surface area contributed by atoms with E-state index in [1.165, 1.54) is 6.08 Å². The molecule has 0 bridgehead atoms. The molecular weight excluding hydrogens is 484 g/mol. The van der Waals surface area contributed by atoms with Crippen LogP contribution in [0.25, 0.3) is 34.5 Å². The first-order valence-electron chi connectivity index (χ1n) is 11.7. The summed E-state index contributed by atoms with van der Waals surface area (Å²) in [6.07, 6.45) is 4.84. The molecule has 0 saturated carbocycles. The third-order valence-corrected chi connectivity index (χ3v) is 5.64. The zero-order valence-electron chi connectivity index (χ0n) is 20.8. The molecular formula is C29H24N4O5. The number of hydrogen-bond donors (Lipinski definition) is 0. The highest BCUT2D eigenvalue weighted by Gasteiger charge is 2.15. The van der Waals surface area contributed by atoms with E-state index in [1.807, 2.05) is 85.1 Å². The van der Waals surface area contributed by atoms with Gasteiger partial charge in [-0.25, -0.2) is 9.48 Å². The van der Waals surface area contributed by atoms with E-state index in [0.29, 0.717) is 28.6 Å². The van der Waals surface area contributed by atoms with Crippen molar-refractivity contribution in [2.24, 2.45) is 0 Å². The van der Waals surface area contributed by atoms with Crippen LogP contribution in [0.15, 0.2) is 95.6 Å². The second kappa shape index (κ2) is 11.3. The summed E-state index contributed by atoms with van der Waals surface area (Å²) in [7, 11) is 3.16. The van der Waals surface area contributed by atoms with Gasteiger partial charge < -0.3 is 18.6 Å². The summed E-state index contributed by atoms with van der Waals surface area (Å²) in [4.78, 5) is 12.5. The van der Waals surface area contributed by atoms with Crippen molar-refractivity contribution in [1.29, 1.82) is 0 Å². The van der Waals surface area contributed by atoms with Crippen LogP contribution in [0.4, 0.5) is 0 Å². The highest BCUT2D eigenvalue weighted by atomic mass is 16.5. The van der Waals surface area contributed by atoms with Crippen LogP contribution in [0, 0.1) is 0 Å². The Morgan fingerprint density at radius 2 is 1.63 bits per heavy atom. The fraction of sp³-hybridized carbons (Fsp3) is 0.103. The van der Waals surface area contributed by atoms with Gasteiger partial charge >= 0.3 is 5.97 Å². The minimum absolute atomic E-state index is 0.144. The third-order valence-electron chi connectivity index (χ3n) is 5.64. The number of aromatic nitrogens is 4. The van der Waals surface area contributed by atoms with Gasteiger partial charge in [0.05, 0.1) is 19.9 Å². The molecule has 5 aromatic rings. The van der Waals surface area contributed by atoms with Crippen molar-refractivity contribution in [3.05, 3.63) is 103 Å². The maximum absolute atomic E-state index is 12.5. The maximum atomic E-state index is 12.5. The highest BCUT2D eigenvalue weighted by molar-refractivity contribution is 5.88. The van der Waals surface area contributed by atoms with E-state index in [9.17, 15) is 4.79 Å². The number of benzene rings is 3. The Morgan fingerprint density at radius 3 is 2.37 bits per heavy atom. The first-order valence-corrected chi connectivity index (χ1v) is 11.7. The van der Waals surface area contributed by atoms with Gasteiger partial charge in [0.15, 0.2) is 18.1 Å². The molecule has 2 heterocycles. The number of hydrogen-bond acceptors (Lipinski definition) is 8. The van der Waals surface area contributed by atoms with Crippen LogP contribution in [0.1, 0.15) is 11.5 Å². The highest BCUT2D eigenvalue weighted by Crippen LogP contribution is 2.33. The standard InChI is InChI=1S/C29H24N4O5/c1-35-24-15-13-21(17-25(24)36-2)28-22(18-33(32-28)23-11-7-4-8-12-23)14-16-27(34)37-19-26-30-31-29(38-26)20-9-5-3-6-10-20/h3-18H,19H2,1-2H3/b16-14+. The van der Waals surface area contributed by atoms with Crippen molar-refractivity contribution in [2.45, 2.75) is 6.61 Å². The van der Waals surface area contributed by atoms with E-state index < -0.39 is 5.97 Å². The molecule has 2 aromatic heterocycles. The Balaban J connectivity index is 1.36. The van der Waals surface area contributed by atoms with Crippen LogP contribution < -0.4 is 9.47 Å². The summed E-state index contributed by atoms with van der Waals surface area (Å²) in [5, 5.41) is 12.7. The minimum atomic E-state index is -0.560. The fourth-order valence-corrected chi connectivity index (χ4v) is 3.78. The normalized spacial score (nSPS) is 11.0. The van der Waals surface area contributed by atoms with Crippen LogP contribution in [-0.2, 0) is 16.1 Å². The molecule has 0 saturated heterocycles. The van der Waals surface area contributed by atoms with Gasteiger partial charge in [-0.15, -0.1) is 10.2 Å². The van der Waals surface area contributed by atoms with E-state index in [-0.39, 0.29) is 12.5 Å². The van der Waals surface area contributed by atoms with Crippen LogP contribution in [0.5, 0.6) is 11.5 Å². The average molecular weight is 509 g/mol. The number of rotatable bonds is 9. The summed E-state index contributed by atoms with van der Waals surface area (Å²) in [5.74, 6) is 1.18. The van der Waals surface area contributed by atoms with Crippen molar-refractivity contribution in [2.75, 3.05) is 14.2 Å². The van der Waals surface area contributed by atoms with Crippen LogP contribution in [0.2, 0.25) is 0 Å². The van der Waals surface area contributed by atoms with Gasteiger partial charge in [-0.3, -0.25) is 0 Å². The lowest BCUT2D eigenvalue weighted by atomic mass is 10.1. The quantitative estimate of drug-likeness (QED) is 0.194. The van der Waals surface area contributed by atoms with Gasteiger partial charge in [0.1, 0.15) is 5.69 Å². The average Bonchev–Trinajstić information content (AvgIpc) is 3.63. The van der Waals surface area contributed by atoms with E-state index in [4.69, 9.17) is 23.7 Å². The molecule has 9 heteroatoms. The first kappa shape index (κ1) is 24.5. The number of esters is 1. The number of carbonyl (C=O) groups excluding carboxylic acids is 1. The van der Waals surface area contributed by atoms with Crippen molar-refractivity contribution in [3.63, 3.8) is 0 Å². The molecule has 0 unspecified atom stereocenters. The van der Waals surface area contributed by atoms with Gasteiger partial charge in [0, 0.05) is 29.0 Å². The zero-order chi connectivity index (χ0) is 26.3. The SMILES string of the molecule is COc1ccc(-c2nn(-c3ccccc3)cc2/C=C/C(=O)OCc2nnc(-c3ccccc3)o2)cc1OC. The summed E-state index contributed by atoms with van der Waals surface area (Å²) in [6, 6.07) is 24.6. The molecule has 0 fully saturated rings. The molecule has 0 atom stereocenters. The molecule has 0 aliphatic heterocycles. The van der Waals surface area contributed by atoms with Crippen molar-refractivity contribution in [3.8, 4) is 39.9 Å². The van der Waals surface area contributed by atoms with Gasteiger partial charge in [-0.2, -0.15) is 5.10 Å². The number of carbonyl (C=O) groups is 1. The second-order valence-electron chi connectivity index (χ2n) is 8.09. The first-order chi connectivity index (χ1) is 18.6. The smallest absolute Gasteiger partial charge is 0.331 e. The minimum Gasteiger partial charge on any atom is -0.493 e. The molecule has 3 aromatic carbocycles. The summed E-state index contributed by atoms with van der Waals surface area (Å²) in [5.41, 5.74) is 3.83. The lowest BCUT2D eigenvalue weighted by Gasteiger charge is -2.09. The Morgan fingerprint density at radius 1 is 0.895 bits per heavy atom. The van der Waals surface area contributed by atoms with Crippen molar-refractivity contribution >= 4 is 12.0 Å². The lowest BCUT2D eigenvalue weighted by Crippen LogP contribution is -2.01. The fourth-order valence-electron chi connectivity index (χ4n) is 3.78. The molecule has 9 nitrogen and oxygen atoms in total. The molecule has 0 N–H and O–H groups in total. The molecule has 0 amide bonds. The largest absolute Gasteiger partial charge is 0.493 e. The summed E-state index contributed by atoms with van der Waals surface area (Å²) < 4.78 is 23.5. The van der Waals surface area contributed by atoms with Gasteiger partial charge in [-0.1, -0.05) is 36.4 Å². The molecule has 0 aliphatic carbocycles. The summed E-state index contributed by atoms with van der Waals surface area (Å²) >= 11 is 0. The van der Waals surface area contributed by atoms with E-state index in [0.717, 1.165) is 16.8 Å². The molecule has 190 valence electrons. The number of methoxy groups -OCH3 is 2. The maximum Gasteiger partial charge on any atom is 0.331 e. The molecule has 0 aliphatic rings. The Labute approximate surface area is 218 Å². The number of ether oxygens (including phenoxy) is 3. The summed E-state index contributed by atoms with van der Waals surface area (Å²) in [6.45, 7) is -0.144. The predicted molar refractivity (Wildman–Crippen MR) is 141 cm³/mol. The molecule has 38 heavy (non-hydrogen) atoms. The molecule has 0 radical (unpaired) electrons. The van der Waals surface area contributed by atoms with Gasteiger partial charge in [-0.05, 0) is 48.5 Å². The van der Waals surface area contributed by atoms with Gasteiger partial charge in [0.25, 0.3) is 5.89 Å². The van der Waals surface area contributed by atoms with Crippen LogP contribution >= 0.6 is 0 Å². The van der Waals surface area contributed by atoms with E-state index in [1.54, 1.807) is 25.0 Å². The Kier molecular flexibility index (Phi) is 7.26. The topological polar surface area (TPSA) is 102 Å². The number of para-hydroxylation sites is 1. The Hall–Kier alpha value is -5.18. The van der Waals surface area contributed by atoms with Gasteiger partial charge in [0.2, 0.25) is 5.89 Å². The van der Waals surface area contributed by atoms with Crippen LogP contribution in [-0.4, -0.2) is 40.2 Å². The number of nitrogens with zero attached hydrogens (tertiary/aromatic N) is 4. The Bertz CT molecular complexity index is 1560. The second-order valence-corrected chi connectivity index (χ2v) is 8.09. The van der Waals surface area contributed by atoms with Crippen molar-refractivity contribution < 1.29 is 23.4 Å². The van der Waals surface area contributed by atoms with Crippen LogP contribution in [0.3, 0.4) is 0 Å². The molecule has 0 spiro atoms. The predicted octanol–water partition coefficient (Wildman–Crippen LogP) is 5.36. The molecule has 5 rings (SSSR count). The van der Waals surface area contributed by atoms with E-state index >= 15 is 0 Å². The zero-order valence-corrected chi connectivity index (χ0v) is 20.8. The third kappa shape index (κ3) is 5.46. The van der Waals surface area contributed by atoms with E-state index in [2.05, 4.69) is 10.2 Å².